The summed E-state index contributed by atoms with van der Waals surface area (Å²) in [6.07, 6.45) is 3.20. The number of carbonyl (C=O) groups is 2. The molecule has 0 aliphatic carbocycles. The number of pyridine rings is 1. The number of hydrogen-bond acceptors (Lipinski definition) is 3. The molecule has 3 rings (SSSR count). The monoisotopic (exact) mass is 503 g/mol. The molecular weight excluding hydrogens is 484 g/mol. The molecular formula is C25H20Cl2KN3O2-2. The minimum atomic E-state index is -0.268. The van der Waals surface area contributed by atoms with Gasteiger partial charge in [-0.1, -0.05) is 60.0 Å². The summed E-state index contributed by atoms with van der Waals surface area (Å²) in [6.45, 7) is 8.34. The third-order valence-corrected chi connectivity index (χ3v) is 5.03. The fraction of sp³-hybridized carbons (Fsp3) is 0.120. The Morgan fingerprint density at radius 3 is 2.39 bits per heavy atom. The maximum Gasteiger partial charge on any atom is 1.00 e. The van der Waals surface area contributed by atoms with Crippen LogP contribution in [-0.2, 0) is 0 Å². The van der Waals surface area contributed by atoms with Crippen LogP contribution in [0.25, 0.3) is 16.5 Å². The molecule has 0 radical (unpaired) electrons. The van der Waals surface area contributed by atoms with E-state index in [9.17, 15) is 9.59 Å². The maximum atomic E-state index is 12.8. The molecule has 0 saturated carbocycles. The molecule has 3 aromatic rings. The Hall–Kier alpha value is -1.64. The molecule has 0 bridgehead atoms. The van der Waals surface area contributed by atoms with Crippen LogP contribution in [0, 0.1) is 19.6 Å². The van der Waals surface area contributed by atoms with Crippen LogP contribution in [0.1, 0.15) is 33.2 Å². The third-order valence-electron chi connectivity index (χ3n) is 4.38. The van der Waals surface area contributed by atoms with Crippen molar-refractivity contribution in [1.29, 1.82) is 0 Å². The number of aromatic nitrogens is 1. The van der Waals surface area contributed by atoms with Crippen molar-refractivity contribution in [1.82, 2.24) is 4.98 Å². The number of hydrogen-bond donors (Lipinski definition) is 0. The zero-order chi connectivity index (χ0) is 23.8. The van der Waals surface area contributed by atoms with Gasteiger partial charge in [0, 0.05) is 23.5 Å². The minimum absolute atomic E-state index is 0. The van der Waals surface area contributed by atoms with Crippen molar-refractivity contribution >= 4 is 47.4 Å². The minimum Gasteiger partial charge on any atom is -0.911 e. The van der Waals surface area contributed by atoms with Gasteiger partial charge in [0.2, 0.25) is 0 Å². The first-order chi connectivity index (χ1) is 15.2. The van der Waals surface area contributed by atoms with Crippen molar-refractivity contribution in [2.75, 3.05) is 11.9 Å². The van der Waals surface area contributed by atoms with E-state index in [1.165, 1.54) is 4.90 Å². The Kier molecular flexibility index (Phi) is 12.4. The summed E-state index contributed by atoms with van der Waals surface area (Å²) in [7, 11) is 1.61. The summed E-state index contributed by atoms with van der Waals surface area (Å²) in [4.78, 5) is 29.5. The maximum absolute atomic E-state index is 12.8. The Morgan fingerprint density at radius 2 is 1.88 bits per heavy atom. The average molecular weight is 504 g/mol. The number of aldehydes is 1. The van der Waals surface area contributed by atoms with Crippen LogP contribution in [0.2, 0.25) is 10.0 Å². The molecule has 0 aliphatic heterocycles. The van der Waals surface area contributed by atoms with Crippen LogP contribution in [0.15, 0.2) is 54.2 Å². The second-order valence-corrected chi connectivity index (χ2v) is 7.67. The molecule has 2 aromatic carbocycles. The number of rotatable bonds is 5. The van der Waals surface area contributed by atoms with Crippen molar-refractivity contribution in [3.8, 4) is 11.1 Å². The Bertz CT molecular complexity index is 1140. The summed E-state index contributed by atoms with van der Waals surface area (Å²) >= 11 is 12.4. The van der Waals surface area contributed by atoms with Crippen molar-refractivity contribution < 1.29 is 61.0 Å². The summed E-state index contributed by atoms with van der Waals surface area (Å²) in [5.41, 5.74) is 3.54. The van der Waals surface area contributed by atoms with E-state index < -0.39 is 0 Å². The number of allylic oxidation sites excluding steroid dienone is 1. The van der Waals surface area contributed by atoms with E-state index in [0.29, 0.717) is 43.7 Å². The van der Waals surface area contributed by atoms with Gasteiger partial charge in [-0.3, -0.25) is 26.7 Å². The van der Waals surface area contributed by atoms with Crippen LogP contribution in [-0.4, -0.2) is 30.4 Å². The molecule has 0 fully saturated rings. The average Bonchev–Trinajstić information content (AvgIpc) is 2.79. The normalized spacial score (nSPS) is 9.61. The molecule has 0 N–H and O–H groups in total. The molecule has 33 heavy (non-hydrogen) atoms. The molecule has 1 aromatic heterocycles. The summed E-state index contributed by atoms with van der Waals surface area (Å²) in [5, 5.41) is 8.75. The summed E-state index contributed by atoms with van der Waals surface area (Å²) in [6, 6.07) is 15.0. The summed E-state index contributed by atoms with van der Waals surface area (Å²) in [5.74, 6) is 0.0846. The first-order valence-electron chi connectivity index (χ1n) is 9.42. The largest absolute Gasteiger partial charge is 1.00 e. The number of anilines is 1. The SMILES string of the molecule is Cc1cccc(Cl)c1C(=O)N(C)c1[c-]cc(-c2cc(C=O)ccc2Cl)cn1.[CH-]=C(C)C=[N-].[K+]. The van der Waals surface area contributed by atoms with Gasteiger partial charge in [-0.2, -0.15) is 0 Å². The number of carbonyl (C=O) groups excluding carboxylic acids is 2. The van der Waals surface area contributed by atoms with Gasteiger partial charge < -0.3 is 16.5 Å². The van der Waals surface area contributed by atoms with E-state index in [1.807, 2.05) is 13.0 Å². The molecule has 8 heteroatoms. The van der Waals surface area contributed by atoms with Crippen molar-refractivity contribution in [2.24, 2.45) is 0 Å². The van der Waals surface area contributed by atoms with Crippen LogP contribution in [0.3, 0.4) is 0 Å². The summed E-state index contributed by atoms with van der Waals surface area (Å²) < 4.78 is 0. The van der Waals surface area contributed by atoms with E-state index in [2.05, 4.69) is 11.1 Å². The van der Waals surface area contributed by atoms with Gasteiger partial charge in [0.05, 0.1) is 10.6 Å². The molecule has 164 valence electrons. The Morgan fingerprint density at radius 1 is 1.21 bits per heavy atom. The molecule has 1 amide bonds. The van der Waals surface area contributed by atoms with Gasteiger partial charge in [0.1, 0.15) is 6.29 Å². The van der Waals surface area contributed by atoms with Gasteiger partial charge in [-0.25, -0.2) is 12.1 Å². The van der Waals surface area contributed by atoms with Gasteiger partial charge >= 0.3 is 51.4 Å². The Balaban J connectivity index is 0.000000821. The predicted octanol–water partition coefficient (Wildman–Crippen LogP) is 3.26. The standard InChI is InChI=1S/C21H15Cl2N2O2.C4H5N.K/c1-13-4-3-5-18(23)20(13)21(27)25(2)19-9-7-15(11-24-19)16-10-14(12-26)6-8-17(16)22;1-4(2)3-5;/h3-8,10-12H,1-2H3;1,3H,2H3;/q-1;-2;+1. The van der Waals surface area contributed by atoms with Gasteiger partial charge in [0.25, 0.3) is 5.91 Å². The van der Waals surface area contributed by atoms with Crippen molar-refractivity contribution in [3.63, 3.8) is 0 Å². The zero-order valence-electron chi connectivity index (χ0n) is 18.8. The Labute approximate surface area is 246 Å². The van der Waals surface area contributed by atoms with Crippen LogP contribution < -0.4 is 56.3 Å². The zero-order valence-corrected chi connectivity index (χ0v) is 23.4. The predicted molar refractivity (Wildman–Crippen MR) is 131 cm³/mol. The second kappa shape index (κ2) is 13.9. The van der Waals surface area contributed by atoms with Gasteiger partial charge in [-0.15, -0.1) is 5.56 Å². The van der Waals surface area contributed by atoms with Crippen LogP contribution in [0.5, 0.6) is 0 Å². The number of benzene rings is 2. The molecule has 1 heterocycles. The van der Waals surface area contributed by atoms with E-state index >= 15 is 0 Å². The molecule has 5 nitrogen and oxygen atoms in total. The molecule has 0 saturated heterocycles. The molecule has 0 atom stereocenters. The fourth-order valence-electron chi connectivity index (χ4n) is 2.68. The van der Waals surface area contributed by atoms with Gasteiger partial charge in [0.15, 0.2) is 0 Å². The fourth-order valence-corrected chi connectivity index (χ4v) is 3.21. The van der Waals surface area contributed by atoms with E-state index in [-0.39, 0.29) is 57.3 Å². The van der Waals surface area contributed by atoms with Crippen molar-refractivity contribution in [3.05, 3.63) is 99.0 Å². The first-order valence-corrected chi connectivity index (χ1v) is 10.2. The molecule has 0 aliphatic rings. The van der Waals surface area contributed by atoms with Crippen LogP contribution in [0.4, 0.5) is 5.82 Å². The van der Waals surface area contributed by atoms with E-state index in [4.69, 9.17) is 35.2 Å². The van der Waals surface area contributed by atoms with E-state index in [1.54, 1.807) is 56.6 Å². The number of nitrogens with zero attached hydrogens (tertiary/aromatic N) is 3. The van der Waals surface area contributed by atoms with E-state index in [0.717, 1.165) is 18.1 Å². The van der Waals surface area contributed by atoms with Crippen molar-refractivity contribution in [2.45, 2.75) is 13.8 Å². The number of halogens is 2. The second-order valence-electron chi connectivity index (χ2n) is 6.85. The third kappa shape index (κ3) is 7.97. The molecule has 0 unspecified atom stereocenters. The molecule has 0 spiro atoms. The smallest absolute Gasteiger partial charge is 0.911 e. The van der Waals surface area contributed by atoms with Gasteiger partial charge in [-0.05, 0) is 30.8 Å². The quantitative estimate of drug-likeness (QED) is 0.232. The number of aryl methyl sites for hydroxylation is 1. The number of amides is 1. The first kappa shape index (κ1) is 29.4. The van der Waals surface area contributed by atoms with Crippen LogP contribution >= 0.6 is 23.2 Å². The topological polar surface area (TPSA) is 72.6 Å².